The summed E-state index contributed by atoms with van der Waals surface area (Å²) in [4.78, 5) is 18.0. The minimum atomic E-state index is -3.98. The van der Waals surface area contributed by atoms with Crippen molar-refractivity contribution in [2.45, 2.75) is 13.3 Å². The van der Waals surface area contributed by atoms with E-state index in [0.717, 1.165) is 12.1 Å². The summed E-state index contributed by atoms with van der Waals surface area (Å²) in [6.45, 7) is 1.67. The van der Waals surface area contributed by atoms with E-state index in [4.69, 9.17) is 15.3 Å². The second-order valence-corrected chi connectivity index (χ2v) is 4.68. The van der Waals surface area contributed by atoms with Gasteiger partial charge in [0.15, 0.2) is 5.82 Å². The fraction of sp³-hybridized carbons (Fsp3) is 0.250. The van der Waals surface area contributed by atoms with Crippen molar-refractivity contribution in [1.82, 2.24) is 0 Å². The van der Waals surface area contributed by atoms with Crippen LogP contribution in [0.1, 0.15) is 12.5 Å². The number of nitrogens with two attached hydrogens (primary N) is 1. The monoisotopic (exact) mass is 222 g/mol. The molecule has 78 valence electrons. The molecule has 0 aliphatic rings. The second-order valence-electron chi connectivity index (χ2n) is 2.90. The van der Waals surface area contributed by atoms with E-state index < -0.39 is 24.8 Å². The highest BCUT2D eigenvalue weighted by Gasteiger charge is 2.35. The third-order valence-electron chi connectivity index (χ3n) is 1.85. The number of aryl methyl sites for hydroxylation is 1. The number of halogens is 2. The Morgan fingerprint density at radius 2 is 1.86 bits per heavy atom. The predicted octanol–water partition coefficient (Wildman–Crippen LogP) is 0.858. The van der Waals surface area contributed by atoms with Gasteiger partial charge in [0.2, 0.25) is 5.30 Å². The fourth-order valence-corrected chi connectivity index (χ4v) is 1.78. The predicted molar refractivity (Wildman–Crippen MR) is 50.9 cm³/mol. The normalized spacial score (nSPS) is 11.9. The lowest BCUT2D eigenvalue weighted by molar-refractivity contribution is 0.462. The fourth-order valence-electron chi connectivity index (χ4n) is 1.10. The van der Waals surface area contributed by atoms with Gasteiger partial charge in [-0.2, -0.15) is 15.3 Å². The standard InChI is InChI=1S/C8H11F2NO2P/c1-2-5-3-7(10)8(4-6(5)9)14(11,12)13/h3-4,12-13H,2,11H2,1H3/q+1. The Morgan fingerprint density at radius 1 is 1.29 bits per heavy atom. The molecule has 1 aromatic rings. The summed E-state index contributed by atoms with van der Waals surface area (Å²) in [7, 11) is -3.98. The molecule has 0 spiro atoms. The Balaban J connectivity index is 3.29. The summed E-state index contributed by atoms with van der Waals surface area (Å²) in [6.07, 6.45) is 0.329. The summed E-state index contributed by atoms with van der Waals surface area (Å²) >= 11 is 0. The van der Waals surface area contributed by atoms with E-state index in [1.165, 1.54) is 0 Å². The largest absolute Gasteiger partial charge is 0.376 e. The van der Waals surface area contributed by atoms with E-state index in [1.54, 1.807) is 6.92 Å². The zero-order chi connectivity index (χ0) is 10.9. The maximum atomic E-state index is 13.2. The molecule has 0 saturated heterocycles. The van der Waals surface area contributed by atoms with Crippen LogP contribution < -0.4 is 10.8 Å². The first-order valence-electron chi connectivity index (χ1n) is 3.98. The van der Waals surface area contributed by atoms with Crippen molar-refractivity contribution in [3.63, 3.8) is 0 Å². The van der Waals surface area contributed by atoms with Crippen LogP contribution in [-0.4, -0.2) is 9.79 Å². The van der Waals surface area contributed by atoms with Crippen LogP contribution in [0.3, 0.4) is 0 Å². The summed E-state index contributed by atoms with van der Waals surface area (Å²) in [5.74, 6) is -1.56. The Hall–Kier alpha value is -0.610. The first kappa shape index (κ1) is 11.5. The highest BCUT2D eigenvalue weighted by atomic mass is 31.2. The van der Waals surface area contributed by atoms with Crippen molar-refractivity contribution in [2.75, 3.05) is 0 Å². The third kappa shape index (κ3) is 2.25. The van der Waals surface area contributed by atoms with Crippen LogP contribution in [0.15, 0.2) is 12.1 Å². The van der Waals surface area contributed by atoms with E-state index in [1.807, 2.05) is 0 Å². The van der Waals surface area contributed by atoms with Gasteiger partial charge in [0.1, 0.15) is 5.82 Å². The van der Waals surface area contributed by atoms with Gasteiger partial charge in [0, 0.05) is 6.07 Å². The lowest BCUT2D eigenvalue weighted by atomic mass is 10.1. The Morgan fingerprint density at radius 3 is 2.29 bits per heavy atom. The molecule has 0 atom stereocenters. The van der Waals surface area contributed by atoms with Crippen LogP contribution in [0.5, 0.6) is 0 Å². The molecular weight excluding hydrogens is 211 g/mol. The topological polar surface area (TPSA) is 66.5 Å². The van der Waals surface area contributed by atoms with Crippen molar-refractivity contribution < 1.29 is 18.6 Å². The molecular formula is C8H11F2NO2P+. The molecule has 0 aliphatic heterocycles. The van der Waals surface area contributed by atoms with Gasteiger partial charge in [0.25, 0.3) is 0 Å². The molecule has 0 aromatic heterocycles. The van der Waals surface area contributed by atoms with Gasteiger partial charge in [-0.3, -0.25) is 0 Å². The maximum absolute atomic E-state index is 13.2. The van der Waals surface area contributed by atoms with Crippen molar-refractivity contribution in [3.8, 4) is 0 Å². The lowest BCUT2D eigenvalue weighted by Gasteiger charge is -2.08. The summed E-state index contributed by atoms with van der Waals surface area (Å²) in [5, 5.41) is -0.563. The molecule has 1 aromatic carbocycles. The molecule has 4 N–H and O–H groups in total. The number of hydrogen-bond donors (Lipinski definition) is 3. The average molecular weight is 222 g/mol. The molecule has 0 bridgehead atoms. The van der Waals surface area contributed by atoms with Crippen LogP contribution >= 0.6 is 7.87 Å². The zero-order valence-electron chi connectivity index (χ0n) is 7.54. The van der Waals surface area contributed by atoms with Crippen molar-refractivity contribution in [2.24, 2.45) is 5.50 Å². The van der Waals surface area contributed by atoms with Crippen molar-refractivity contribution in [1.29, 1.82) is 0 Å². The van der Waals surface area contributed by atoms with E-state index in [2.05, 4.69) is 0 Å². The minimum Gasteiger partial charge on any atom is -0.207 e. The van der Waals surface area contributed by atoms with E-state index in [9.17, 15) is 8.78 Å². The molecule has 0 amide bonds. The van der Waals surface area contributed by atoms with Crippen LogP contribution in [0, 0.1) is 11.6 Å². The smallest absolute Gasteiger partial charge is 0.207 e. The molecule has 0 fully saturated rings. The van der Waals surface area contributed by atoms with Crippen LogP contribution in [0.4, 0.5) is 8.78 Å². The summed E-state index contributed by atoms with van der Waals surface area (Å²) < 4.78 is 26.3. The maximum Gasteiger partial charge on any atom is 0.376 e. The zero-order valence-corrected chi connectivity index (χ0v) is 8.43. The van der Waals surface area contributed by atoms with Crippen LogP contribution in [0.25, 0.3) is 0 Å². The van der Waals surface area contributed by atoms with Gasteiger partial charge in [0.05, 0.1) is 0 Å². The Kier molecular flexibility index (Phi) is 3.17. The summed E-state index contributed by atoms with van der Waals surface area (Å²) in [5.41, 5.74) is 5.11. The molecule has 0 heterocycles. The molecule has 0 aliphatic carbocycles. The highest BCUT2D eigenvalue weighted by molar-refractivity contribution is 7.70. The molecule has 0 saturated carbocycles. The number of rotatable bonds is 2. The van der Waals surface area contributed by atoms with Crippen LogP contribution in [-0.2, 0) is 6.42 Å². The Bertz CT molecular complexity index is 352. The highest BCUT2D eigenvalue weighted by Crippen LogP contribution is 2.39. The van der Waals surface area contributed by atoms with Gasteiger partial charge >= 0.3 is 7.87 Å². The first-order valence-corrected chi connectivity index (χ1v) is 5.74. The number of benzene rings is 1. The molecule has 14 heavy (non-hydrogen) atoms. The van der Waals surface area contributed by atoms with E-state index in [-0.39, 0.29) is 5.56 Å². The molecule has 3 nitrogen and oxygen atoms in total. The molecule has 0 radical (unpaired) electrons. The molecule has 1 rings (SSSR count). The van der Waals surface area contributed by atoms with Gasteiger partial charge in [-0.25, -0.2) is 8.78 Å². The van der Waals surface area contributed by atoms with Crippen molar-refractivity contribution in [3.05, 3.63) is 29.3 Å². The molecule has 6 heteroatoms. The van der Waals surface area contributed by atoms with Crippen LogP contribution in [0.2, 0.25) is 0 Å². The van der Waals surface area contributed by atoms with Crippen molar-refractivity contribution >= 4 is 13.2 Å². The SMILES string of the molecule is CCc1cc(F)c([P+](N)(O)O)cc1F. The van der Waals surface area contributed by atoms with Gasteiger partial charge in [-0.1, -0.05) is 6.92 Å². The van der Waals surface area contributed by atoms with Gasteiger partial charge in [-0.05, 0) is 18.1 Å². The number of hydrogen-bond acceptors (Lipinski definition) is 3. The second kappa shape index (κ2) is 3.87. The lowest BCUT2D eigenvalue weighted by Crippen LogP contribution is -2.22. The van der Waals surface area contributed by atoms with E-state index in [0.29, 0.717) is 6.42 Å². The first-order chi connectivity index (χ1) is 6.36. The Labute approximate surface area is 80.7 Å². The summed E-state index contributed by atoms with van der Waals surface area (Å²) in [6, 6.07) is 1.67. The minimum absolute atomic E-state index is 0.180. The van der Waals surface area contributed by atoms with E-state index >= 15 is 0 Å². The average Bonchev–Trinajstić information content (AvgIpc) is 2.06. The third-order valence-corrected chi connectivity index (χ3v) is 2.90. The van der Waals surface area contributed by atoms with Gasteiger partial charge in [-0.15, -0.1) is 0 Å². The molecule has 0 unspecified atom stereocenters. The quantitative estimate of drug-likeness (QED) is 0.650. The van der Waals surface area contributed by atoms with Gasteiger partial charge < -0.3 is 0 Å².